The van der Waals surface area contributed by atoms with Crippen LogP contribution in [0.4, 0.5) is 4.79 Å². The van der Waals surface area contributed by atoms with Crippen molar-refractivity contribution in [1.29, 1.82) is 0 Å². The van der Waals surface area contributed by atoms with E-state index in [2.05, 4.69) is 5.32 Å². The molecule has 1 aromatic carbocycles. The first kappa shape index (κ1) is 22.3. The number of hydrogen-bond acceptors (Lipinski definition) is 6. The third-order valence-electron chi connectivity index (χ3n) is 6.25. The van der Waals surface area contributed by atoms with E-state index in [-0.39, 0.29) is 30.8 Å². The molecule has 3 aliphatic heterocycles. The van der Waals surface area contributed by atoms with Crippen molar-refractivity contribution in [2.24, 2.45) is 0 Å². The van der Waals surface area contributed by atoms with Crippen LogP contribution in [0, 0.1) is 0 Å². The molecule has 32 heavy (non-hydrogen) atoms. The van der Waals surface area contributed by atoms with Crippen molar-refractivity contribution in [3.63, 3.8) is 0 Å². The number of benzene rings is 1. The van der Waals surface area contributed by atoms with Gasteiger partial charge in [-0.3, -0.25) is 24.6 Å². The number of nitrogens with one attached hydrogen (secondary N) is 1. The molecule has 0 aromatic heterocycles. The Labute approximate surface area is 186 Å². The van der Waals surface area contributed by atoms with Gasteiger partial charge in [0.05, 0.1) is 0 Å². The normalized spacial score (nSPS) is 24.4. The van der Waals surface area contributed by atoms with Crippen molar-refractivity contribution in [2.75, 3.05) is 13.1 Å². The summed E-state index contributed by atoms with van der Waals surface area (Å²) in [7, 11) is 0. The van der Waals surface area contributed by atoms with E-state index in [0.717, 1.165) is 18.4 Å². The number of fused-ring (bicyclic) bond motifs is 1. The molecule has 3 heterocycles. The number of hydrogen-bond donors (Lipinski definition) is 2. The van der Waals surface area contributed by atoms with Gasteiger partial charge in [-0.15, -0.1) is 0 Å². The fraction of sp³-hybridized carbons (Fsp3) is 0.565. The Morgan fingerprint density at radius 2 is 1.81 bits per heavy atom. The highest BCUT2D eigenvalue weighted by Gasteiger charge is 2.44. The second-order valence-electron chi connectivity index (χ2n) is 9.64. The molecule has 4 rings (SSSR count). The van der Waals surface area contributed by atoms with E-state index in [1.54, 1.807) is 11.0 Å². The zero-order chi connectivity index (χ0) is 23.2. The van der Waals surface area contributed by atoms with E-state index in [4.69, 9.17) is 4.74 Å². The average Bonchev–Trinajstić information content (AvgIpc) is 2.97. The number of imide groups is 1. The Hall–Kier alpha value is -2.94. The molecule has 172 valence electrons. The zero-order valence-corrected chi connectivity index (χ0v) is 18.6. The SMILES string of the molecule is CC(C)(C)OC(=O)N1CCC(c2ccc3c(c2)C(O)N(C2CCC(=O)NC2=O)C3=O)CC1. The van der Waals surface area contributed by atoms with E-state index < -0.39 is 29.7 Å². The Bertz CT molecular complexity index is 961. The Morgan fingerprint density at radius 1 is 1.12 bits per heavy atom. The van der Waals surface area contributed by atoms with Gasteiger partial charge in [0.25, 0.3) is 5.91 Å². The van der Waals surface area contributed by atoms with Gasteiger partial charge in [-0.1, -0.05) is 12.1 Å². The van der Waals surface area contributed by atoms with Gasteiger partial charge < -0.3 is 14.7 Å². The Balaban J connectivity index is 1.45. The molecular formula is C23H29N3O6. The van der Waals surface area contributed by atoms with Crippen molar-refractivity contribution in [3.05, 3.63) is 34.9 Å². The molecule has 4 amide bonds. The van der Waals surface area contributed by atoms with Crippen LogP contribution in [0.1, 0.15) is 80.1 Å². The van der Waals surface area contributed by atoms with Crippen LogP contribution in [-0.2, 0) is 14.3 Å². The van der Waals surface area contributed by atoms with Crippen LogP contribution in [-0.4, -0.2) is 63.5 Å². The molecule has 9 heteroatoms. The fourth-order valence-corrected chi connectivity index (χ4v) is 4.62. The predicted molar refractivity (Wildman–Crippen MR) is 114 cm³/mol. The minimum Gasteiger partial charge on any atom is -0.444 e. The van der Waals surface area contributed by atoms with Crippen LogP contribution in [0.2, 0.25) is 0 Å². The quantitative estimate of drug-likeness (QED) is 0.676. The number of rotatable bonds is 2. The summed E-state index contributed by atoms with van der Waals surface area (Å²) in [6.07, 6.45) is 0.272. The maximum Gasteiger partial charge on any atom is 0.410 e. The van der Waals surface area contributed by atoms with Crippen molar-refractivity contribution < 1.29 is 29.0 Å². The number of piperidine rings is 2. The first-order valence-corrected chi connectivity index (χ1v) is 11.0. The van der Waals surface area contributed by atoms with E-state index in [1.807, 2.05) is 32.9 Å². The summed E-state index contributed by atoms with van der Waals surface area (Å²) in [5.74, 6) is -1.15. The lowest BCUT2D eigenvalue weighted by atomic mass is 9.88. The molecule has 0 saturated carbocycles. The molecule has 2 fully saturated rings. The standard InChI is InChI=1S/C23H29N3O6/c1-23(2,3)32-22(31)25-10-8-13(9-11-25)14-4-5-15-16(12-14)21(30)26(20(15)29)17-6-7-18(27)24-19(17)28/h4-5,12-13,17,21,30H,6-11H2,1-3H3,(H,24,27,28). The first-order valence-electron chi connectivity index (χ1n) is 11.0. The van der Waals surface area contributed by atoms with E-state index in [9.17, 15) is 24.3 Å². The van der Waals surface area contributed by atoms with E-state index in [1.165, 1.54) is 4.90 Å². The number of aliphatic hydroxyl groups is 1. The van der Waals surface area contributed by atoms with Crippen molar-refractivity contribution in [3.8, 4) is 0 Å². The molecule has 1 aromatic rings. The van der Waals surface area contributed by atoms with Gasteiger partial charge >= 0.3 is 6.09 Å². The Morgan fingerprint density at radius 3 is 2.44 bits per heavy atom. The Kier molecular flexibility index (Phi) is 5.70. The van der Waals surface area contributed by atoms with Crippen LogP contribution in [0.3, 0.4) is 0 Å². The summed E-state index contributed by atoms with van der Waals surface area (Å²) < 4.78 is 5.45. The van der Waals surface area contributed by atoms with Crippen LogP contribution >= 0.6 is 0 Å². The van der Waals surface area contributed by atoms with E-state index in [0.29, 0.717) is 24.2 Å². The van der Waals surface area contributed by atoms with Crippen LogP contribution in [0.15, 0.2) is 18.2 Å². The highest BCUT2D eigenvalue weighted by Crippen LogP contribution is 2.38. The summed E-state index contributed by atoms with van der Waals surface area (Å²) in [5.41, 5.74) is 1.30. The second-order valence-corrected chi connectivity index (χ2v) is 9.64. The minimum absolute atomic E-state index is 0.130. The van der Waals surface area contributed by atoms with Gasteiger partial charge in [-0.2, -0.15) is 0 Å². The van der Waals surface area contributed by atoms with E-state index >= 15 is 0 Å². The molecule has 0 spiro atoms. The number of carbonyl (C=O) groups excluding carboxylic acids is 4. The molecule has 2 saturated heterocycles. The third-order valence-corrected chi connectivity index (χ3v) is 6.25. The molecule has 2 atom stereocenters. The van der Waals surface area contributed by atoms with Crippen LogP contribution < -0.4 is 5.32 Å². The molecule has 3 aliphatic rings. The first-order chi connectivity index (χ1) is 15.0. The number of aliphatic hydroxyl groups excluding tert-OH is 1. The number of amides is 4. The monoisotopic (exact) mass is 443 g/mol. The average molecular weight is 444 g/mol. The van der Waals surface area contributed by atoms with Gasteiger partial charge in [0.2, 0.25) is 11.8 Å². The predicted octanol–water partition coefficient (Wildman–Crippen LogP) is 2.05. The van der Waals surface area contributed by atoms with Gasteiger partial charge in [-0.05, 0) is 57.6 Å². The summed E-state index contributed by atoms with van der Waals surface area (Å²) >= 11 is 0. The van der Waals surface area contributed by atoms with Crippen molar-refractivity contribution in [2.45, 2.75) is 70.2 Å². The smallest absolute Gasteiger partial charge is 0.410 e. The highest BCUT2D eigenvalue weighted by molar-refractivity contribution is 6.05. The maximum absolute atomic E-state index is 12.9. The minimum atomic E-state index is -1.23. The van der Waals surface area contributed by atoms with Crippen molar-refractivity contribution in [1.82, 2.24) is 15.1 Å². The van der Waals surface area contributed by atoms with Gasteiger partial charge in [-0.25, -0.2) is 4.79 Å². The summed E-state index contributed by atoms with van der Waals surface area (Å²) in [6, 6.07) is 4.54. The third kappa shape index (κ3) is 4.21. The largest absolute Gasteiger partial charge is 0.444 e. The second kappa shape index (κ2) is 8.20. The highest BCUT2D eigenvalue weighted by atomic mass is 16.6. The molecule has 0 aliphatic carbocycles. The molecule has 2 N–H and O–H groups in total. The molecular weight excluding hydrogens is 414 g/mol. The van der Waals surface area contributed by atoms with Crippen molar-refractivity contribution >= 4 is 23.8 Å². The number of nitrogens with zero attached hydrogens (tertiary/aromatic N) is 2. The van der Waals surface area contributed by atoms with Crippen LogP contribution in [0.25, 0.3) is 0 Å². The van der Waals surface area contributed by atoms with Gasteiger partial charge in [0, 0.05) is 30.6 Å². The molecule has 0 bridgehead atoms. The molecule has 2 unspecified atom stereocenters. The zero-order valence-electron chi connectivity index (χ0n) is 18.6. The molecule has 0 radical (unpaired) electrons. The molecule has 9 nitrogen and oxygen atoms in total. The summed E-state index contributed by atoms with van der Waals surface area (Å²) in [6.45, 7) is 6.66. The van der Waals surface area contributed by atoms with Gasteiger partial charge in [0.1, 0.15) is 11.6 Å². The topological polar surface area (TPSA) is 116 Å². The van der Waals surface area contributed by atoms with Gasteiger partial charge in [0.15, 0.2) is 6.23 Å². The van der Waals surface area contributed by atoms with Crippen LogP contribution in [0.5, 0.6) is 0 Å². The maximum atomic E-state index is 12.9. The number of ether oxygens (including phenoxy) is 1. The fourth-order valence-electron chi connectivity index (χ4n) is 4.62. The number of carbonyl (C=O) groups is 4. The lowest BCUT2D eigenvalue weighted by Crippen LogP contribution is -2.53. The lowest BCUT2D eigenvalue weighted by molar-refractivity contribution is -0.139. The summed E-state index contributed by atoms with van der Waals surface area (Å²) in [4.78, 5) is 51.7. The summed E-state index contributed by atoms with van der Waals surface area (Å²) in [5, 5.41) is 13.1. The lowest BCUT2D eigenvalue weighted by Gasteiger charge is -2.34. The number of likely N-dealkylation sites (tertiary alicyclic amines) is 1.